The first-order valence-corrected chi connectivity index (χ1v) is 6.14. The summed E-state index contributed by atoms with van der Waals surface area (Å²) < 4.78 is 9.39. The number of hydrogen-bond acceptors (Lipinski definition) is 7. The zero-order chi connectivity index (χ0) is 15.1. The van der Waals surface area contributed by atoms with Gasteiger partial charge in [-0.2, -0.15) is 0 Å². The first kappa shape index (κ1) is 16.4. The van der Waals surface area contributed by atoms with E-state index in [1.54, 1.807) is 13.0 Å². The number of esters is 2. The summed E-state index contributed by atoms with van der Waals surface area (Å²) >= 11 is 0. The van der Waals surface area contributed by atoms with Crippen LogP contribution in [0.5, 0.6) is 0 Å². The van der Waals surface area contributed by atoms with Crippen LogP contribution >= 0.6 is 0 Å². The summed E-state index contributed by atoms with van der Waals surface area (Å²) in [6.45, 7) is 1.52. The first-order valence-electron chi connectivity index (χ1n) is 6.14. The van der Waals surface area contributed by atoms with Gasteiger partial charge < -0.3 is 24.8 Å². The Hall–Kier alpha value is -1.70. The number of hydrogen-bond donors (Lipinski definition) is 3. The zero-order valence-corrected chi connectivity index (χ0v) is 11.0. The van der Waals surface area contributed by atoms with E-state index in [0.717, 1.165) is 12.2 Å². The molecule has 0 bridgehead atoms. The topological polar surface area (TPSA) is 113 Å². The molecule has 0 amide bonds. The highest BCUT2D eigenvalue weighted by Gasteiger charge is 2.35. The third kappa shape index (κ3) is 4.76. The summed E-state index contributed by atoms with van der Waals surface area (Å²) in [6.07, 6.45) is 1.40. The maximum atomic E-state index is 11.3. The molecule has 1 saturated heterocycles. The highest BCUT2D eigenvalue weighted by atomic mass is 16.6. The third-order valence-corrected chi connectivity index (χ3v) is 2.74. The van der Waals surface area contributed by atoms with Crippen LogP contribution in [0.4, 0.5) is 0 Å². The molecule has 0 aliphatic carbocycles. The second-order valence-corrected chi connectivity index (χ2v) is 4.33. The summed E-state index contributed by atoms with van der Waals surface area (Å²) in [5.41, 5.74) is 0. The monoisotopic (exact) mass is 286 g/mol. The summed E-state index contributed by atoms with van der Waals surface area (Å²) in [5, 5.41) is 28.2. The molecule has 7 heteroatoms. The van der Waals surface area contributed by atoms with Crippen molar-refractivity contribution >= 4 is 11.9 Å². The Morgan fingerprint density at radius 3 is 2.65 bits per heavy atom. The largest absolute Gasteiger partial charge is 0.463 e. The number of aliphatic hydroxyl groups is 3. The molecule has 0 aromatic heterocycles. The van der Waals surface area contributed by atoms with Crippen molar-refractivity contribution in [3.63, 3.8) is 0 Å². The van der Waals surface area contributed by atoms with Gasteiger partial charge in [0.2, 0.25) is 0 Å². The first-order chi connectivity index (χ1) is 9.45. The zero-order valence-electron chi connectivity index (χ0n) is 11.0. The van der Waals surface area contributed by atoms with Crippen LogP contribution in [0.1, 0.15) is 6.92 Å². The van der Waals surface area contributed by atoms with Crippen LogP contribution in [0.25, 0.3) is 0 Å². The second kappa shape index (κ2) is 7.78. The lowest BCUT2D eigenvalue weighted by atomic mass is 10.1. The lowest BCUT2D eigenvalue weighted by molar-refractivity contribution is -0.146. The SMILES string of the molecule is C/C=C/[C@H](O)[C@H](O)/C=C/C(=O)OC[C@H]1COC(=O)[C@@H]1O. The molecule has 1 rings (SSSR count). The average Bonchev–Trinajstić information content (AvgIpc) is 2.74. The van der Waals surface area contributed by atoms with Crippen LogP contribution in [0.2, 0.25) is 0 Å². The maximum absolute atomic E-state index is 11.3. The maximum Gasteiger partial charge on any atom is 0.335 e. The number of carbonyl (C=O) groups is 2. The van der Waals surface area contributed by atoms with E-state index in [2.05, 4.69) is 4.74 Å². The Bertz CT molecular complexity index is 402. The molecule has 1 fully saturated rings. The minimum absolute atomic E-state index is 0.000369. The lowest BCUT2D eigenvalue weighted by Crippen LogP contribution is -2.26. The van der Waals surface area contributed by atoms with Gasteiger partial charge in [-0.05, 0) is 13.0 Å². The van der Waals surface area contributed by atoms with Crippen molar-refractivity contribution in [2.24, 2.45) is 5.92 Å². The second-order valence-electron chi connectivity index (χ2n) is 4.33. The van der Waals surface area contributed by atoms with Crippen molar-refractivity contribution in [1.82, 2.24) is 0 Å². The van der Waals surface area contributed by atoms with Crippen LogP contribution in [0.15, 0.2) is 24.3 Å². The van der Waals surface area contributed by atoms with E-state index in [-0.39, 0.29) is 13.2 Å². The van der Waals surface area contributed by atoms with Gasteiger partial charge >= 0.3 is 11.9 Å². The molecule has 0 aromatic rings. The number of cyclic esters (lactones) is 1. The van der Waals surface area contributed by atoms with Gasteiger partial charge in [-0.15, -0.1) is 0 Å². The summed E-state index contributed by atoms with van der Waals surface area (Å²) in [7, 11) is 0. The van der Waals surface area contributed by atoms with Crippen LogP contribution < -0.4 is 0 Å². The molecule has 4 atom stereocenters. The van der Waals surface area contributed by atoms with E-state index < -0.39 is 36.2 Å². The summed E-state index contributed by atoms with van der Waals surface area (Å²) in [4.78, 5) is 22.2. The lowest BCUT2D eigenvalue weighted by Gasteiger charge is -2.11. The predicted octanol–water partition coefficient (Wildman–Crippen LogP) is -1.08. The molecule has 0 aromatic carbocycles. The van der Waals surface area contributed by atoms with Gasteiger partial charge in [-0.1, -0.05) is 12.2 Å². The van der Waals surface area contributed by atoms with Gasteiger partial charge in [-0.25, -0.2) is 9.59 Å². The number of aliphatic hydroxyl groups excluding tert-OH is 3. The highest BCUT2D eigenvalue weighted by molar-refractivity contribution is 5.82. The van der Waals surface area contributed by atoms with Crippen molar-refractivity contribution < 1.29 is 34.4 Å². The van der Waals surface area contributed by atoms with Crippen LogP contribution in [0, 0.1) is 5.92 Å². The van der Waals surface area contributed by atoms with Crippen molar-refractivity contribution in [2.75, 3.05) is 13.2 Å². The Morgan fingerprint density at radius 2 is 2.10 bits per heavy atom. The molecule has 3 N–H and O–H groups in total. The quantitative estimate of drug-likeness (QED) is 0.323. The number of allylic oxidation sites excluding steroid dienone is 1. The Kier molecular flexibility index (Phi) is 6.37. The van der Waals surface area contributed by atoms with Crippen LogP contribution in [-0.2, 0) is 19.1 Å². The van der Waals surface area contributed by atoms with E-state index >= 15 is 0 Å². The van der Waals surface area contributed by atoms with Gasteiger partial charge in [0, 0.05) is 6.08 Å². The average molecular weight is 286 g/mol. The molecule has 0 radical (unpaired) electrons. The predicted molar refractivity (Wildman–Crippen MR) is 67.4 cm³/mol. The molecule has 20 heavy (non-hydrogen) atoms. The summed E-state index contributed by atoms with van der Waals surface area (Å²) in [6, 6.07) is 0. The number of carbonyl (C=O) groups excluding carboxylic acids is 2. The van der Waals surface area contributed by atoms with E-state index in [0.29, 0.717) is 0 Å². The fraction of sp³-hybridized carbons (Fsp3) is 0.538. The molecule has 112 valence electrons. The Labute approximate surface area is 116 Å². The van der Waals surface area contributed by atoms with Gasteiger partial charge in [0.1, 0.15) is 25.4 Å². The van der Waals surface area contributed by atoms with Crippen LogP contribution in [-0.4, -0.2) is 58.8 Å². The molecular formula is C13H18O7. The van der Waals surface area contributed by atoms with Crippen LogP contribution in [0.3, 0.4) is 0 Å². The molecule has 1 aliphatic rings. The smallest absolute Gasteiger partial charge is 0.335 e. The standard InChI is InChI=1S/C13H18O7/c1-2-3-9(14)10(15)4-5-11(16)19-6-8-7-20-13(18)12(8)17/h2-5,8-10,12,14-15,17H,6-7H2,1H3/b3-2+,5-4+/t8-,9-,10+,12+/m0/s1. The minimum atomic E-state index is -1.28. The van der Waals surface area contributed by atoms with E-state index in [4.69, 9.17) is 4.74 Å². The fourth-order valence-electron chi connectivity index (χ4n) is 1.54. The van der Waals surface area contributed by atoms with Crippen molar-refractivity contribution in [3.05, 3.63) is 24.3 Å². The Morgan fingerprint density at radius 1 is 1.45 bits per heavy atom. The third-order valence-electron chi connectivity index (χ3n) is 2.74. The van der Waals surface area contributed by atoms with Crippen molar-refractivity contribution in [1.29, 1.82) is 0 Å². The molecule has 0 unspecified atom stereocenters. The van der Waals surface area contributed by atoms with E-state index in [9.17, 15) is 24.9 Å². The van der Waals surface area contributed by atoms with E-state index in [1.165, 1.54) is 6.08 Å². The van der Waals surface area contributed by atoms with Gasteiger partial charge in [0.15, 0.2) is 6.10 Å². The van der Waals surface area contributed by atoms with E-state index in [1.807, 2.05) is 0 Å². The molecule has 0 spiro atoms. The molecule has 1 heterocycles. The molecule has 0 saturated carbocycles. The molecular weight excluding hydrogens is 268 g/mol. The van der Waals surface area contributed by atoms with Crippen molar-refractivity contribution in [2.45, 2.75) is 25.2 Å². The minimum Gasteiger partial charge on any atom is -0.463 e. The van der Waals surface area contributed by atoms with Gasteiger partial charge in [0.25, 0.3) is 0 Å². The summed E-state index contributed by atoms with van der Waals surface area (Å²) in [5.74, 6) is -2.06. The Balaban J connectivity index is 2.35. The number of ether oxygens (including phenoxy) is 2. The van der Waals surface area contributed by atoms with Gasteiger partial charge in [0.05, 0.1) is 5.92 Å². The van der Waals surface area contributed by atoms with Crippen molar-refractivity contribution in [3.8, 4) is 0 Å². The number of rotatable bonds is 6. The molecule has 1 aliphatic heterocycles. The molecule has 7 nitrogen and oxygen atoms in total. The fourth-order valence-corrected chi connectivity index (χ4v) is 1.54. The highest BCUT2D eigenvalue weighted by Crippen LogP contribution is 2.15. The van der Waals surface area contributed by atoms with Gasteiger partial charge in [-0.3, -0.25) is 0 Å². The normalized spacial score (nSPS) is 25.9.